The van der Waals surface area contributed by atoms with Gasteiger partial charge in [0.25, 0.3) is 0 Å². The van der Waals surface area contributed by atoms with Crippen LogP contribution in [0.3, 0.4) is 0 Å². The number of nitrogens with zero attached hydrogens (tertiary/aromatic N) is 1. The molecule has 0 aliphatic heterocycles. The third kappa shape index (κ3) is 2.74. The maximum Gasteiger partial charge on any atom is 0.119 e. The maximum absolute atomic E-state index is 5.19. The highest BCUT2D eigenvalue weighted by Gasteiger charge is 2.13. The van der Waals surface area contributed by atoms with Gasteiger partial charge in [-0.1, -0.05) is 24.3 Å². The Labute approximate surface area is 120 Å². The number of aryl methyl sites for hydroxylation is 1. The van der Waals surface area contributed by atoms with Crippen molar-refractivity contribution in [3.63, 3.8) is 0 Å². The zero-order valence-corrected chi connectivity index (χ0v) is 11.8. The van der Waals surface area contributed by atoms with Gasteiger partial charge in [-0.25, -0.2) is 0 Å². The van der Waals surface area contributed by atoms with Crippen molar-refractivity contribution in [2.24, 2.45) is 4.99 Å². The molecule has 0 fully saturated rings. The van der Waals surface area contributed by atoms with Crippen LogP contribution in [0.15, 0.2) is 53.5 Å². The van der Waals surface area contributed by atoms with Crippen LogP contribution in [0.4, 0.5) is 5.69 Å². The van der Waals surface area contributed by atoms with Crippen molar-refractivity contribution in [1.82, 2.24) is 0 Å². The molecule has 0 aromatic heterocycles. The van der Waals surface area contributed by atoms with Crippen LogP contribution < -0.4 is 4.74 Å². The lowest BCUT2D eigenvalue weighted by atomic mass is 10.0. The van der Waals surface area contributed by atoms with Crippen molar-refractivity contribution >= 4 is 11.4 Å². The quantitative estimate of drug-likeness (QED) is 0.730. The van der Waals surface area contributed by atoms with Crippen molar-refractivity contribution in [3.8, 4) is 5.75 Å². The molecule has 0 atom stereocenters. The van der Waals surface area contributed by atoms with Crippen LogP contribution in [0.5, 0.6) is 5.75 Å². The van der Waals surface area contributed by atoms with E-state index in [1.54, 1.807) is 7.11 Å². The summed E-state index contributed by atoms with van der Waals surface area (Å²) in [6, 6.07) is 16.6. The number of benzene rings is 2. The average Bonchev–Trinajstić information content (AvgIpc) is 2.71. The van der Waals surface area contributed by atoms with E-state index in [-0.39, 0.29) is 0 Å². The first-order valence-electron chi connectivity index (χ1n) is 7.17. The molecule has 0 bridgehead atoms. The van der Waals surface area contributed by atoms with E-state index in [9.17, 15) is 0 Å². The minimum absolute atomic E-state index is 0.871. The van der Waals surface area contributed by atoms with Crippen LogP contribution in [0, 0.1) is 0 Å². The molecular formula is C18H19NO. The Hall–Kier alpha value is -2.09. The maximum atomic E-state index is 5.19. The first-order chi connectivity index (χ1) is 9.86. The van der Waals surface area contributed by atoms with Gasteiger partial charge in [0.15, 0.2) is 0 Å². The molecule has 2 aromatic rings. The number of hydrogen-bond donors (Lipinski definition) is 0. The summed E-state index contributed by atoms with van der Waals surface area (Å²) < 4.78 is 5.19. The summed E-state index contributed by atoms with van der Waals surface area (Å²) in [5.41, 5.74) is 4.96. The highest BCUT2D eigenvalue weighted by atomic mass is 16.5. The minimum Gasteiger partial charge on any atom is -0.497 e. The van der Waals surface area contributed by atoms with E-state index in [4.69, 9.17) is 9.73 Å². The number of rotatable bonds is 2. The standard InChI is InChI=1S/C18H19NO/c1-20-16-12-10-15(11-13-16)19-18-9-5-3-7-14-6-2-4-8-17(14)18/h2,4,6,8,10-13H,3,5,7,9H2,1H3. The van der Waals surface area contributed by atoms with Gasteiger partial charge in [-0.15, -0.1) is 0 Å². The molecule has 2 aromatic carbocycles. The number of methoxy groups -OCH3 is 1. The molecule has 0 amide bonds. The van der Waals surface area contributed by atoms with Gasteiger partial charge >= 0.3 is 0 Å². The van der Waals surface area contributed by atoms with Crippen LogP contribution >= 0.6 is 0 Å². The van der Waals surface area contributed by atoms with Crippen LogP contribution in [0.25, 0.3) is 0 Å². The molecule has 2 heteroatoms. The Morgan fingerprint density at radius 1 is 0.900 bits per heavy atom. The molecule has 0 saturated carbocycles. The Kier molecular flexibility index (Phi) is 3.82. The largest absolute Gasteiger partial charge is 0.497 e. The zero-order valence-electron chi connectivity index (χ0n) is 11.8. The summed E-state index contributed by atoms with van der Waals surface area (Å²) in [5.74, 6) is 0.871. The predicted molar refractivity (Wildman–Crippen MR) is 83.2 cm³/mol. The molecule has 0 N–H and O–H groups in total. The summed E-state index contributed by atoms with van der Waals surface area (Å²) in [5, 5.41) is 0. The molecule has 0 spiro atoms. The van der Waals surface area contributed by atoms with Gasteiger partial charge < -0.3 is 4.74 Å². The fourth-order valence-electron chi connectivity index (χ4n) is 2.69. The number of aliphatic imine (C=N–C) groups is 1. The van der Waals surface area contributed by atoms with Crippen LogP contribution in [0.1, 0.15) is 30.4 Å². The van der Waals surface area contributed by atoms with Crippen molar-refractivity contribution in [3.05, 3.63) is 59.7 Å². The normalized spacial score (nSPS) is 16.6. The van der Waals surface area contributed by atoms with Gasteiger partial charge in [0, 0.05) is 5.71 Å². The molecule has 3 rings (SSSR count). The number of fused-ring (bicyclic) bond motifs is 1. The lowest BCUT2D eigenvalue weighted by molar-refractivity contribution is 0.415. The Morgan fingerprint density at radius 3 is 2.45 bits per heavy atom. The summed E-state index contributed by atoms with van der Waals surface area (Å²) in [6.07, 6.45) is 4.68. The lowest BCUT2D eigenvalue weighted by Gasteiger charge is -2.08. The van der Waals surface area contributed by atoms with Crippen molar-refractivity contribution < 1.29 is 4.74 Å². The fraction of sp³-hybridized carbons (Fsp3) is 0.278. The number of hydrogen-bond acceptors (Lipinski definition) is 2. The predicted octanol–water partition coefficient (Wildman–Crippen LogP) is 4.54. The molecule has 1 aliphatic carbocycles. The van der Waals surface area contributed by atoms with E-state index in [0.717, 1.165) is 24.3 Å². The van der Waals surface area contributed by atoms with Gasteiger partial charge in [0.05, 0.1) is 12.8 Å². The van der Waals surface area contributed by atoms with E-state index >= 15 is 0 Å². The highest BCUT2D eigenvalue weighted by molar-refractivity contribution is 6.03. The second kappa shape index (κ2) is 5.91. The molecule has 0 radical (unpaired) electrons. The molecule has 0 saturated heterocycles. The second-order valence-electron chi connectivity index (χ2n) is 5.12. The van der Waals surface area contributed by atoms with Gasteiger partial charge in [0.1, 0.15) is 5.75 Å². The molecule has 1 aliphatic rings. The van der Waals surface area contributed by atoms with Crippen LogP contribution in [-0.4, -0.2) is 12.8 Å². The molecule has 0 unspecified atom stereocenters. The first-order valence-corrected chi connectivity index (χ1v) is 7.17. The Bertz CT molecular complexity index is 614. The molecular weight excluding hydrogens is 246 g/mol. The second-order valence-corrected chi connectivity index (χ2v) is 5.12. The van der Waals surface area contributed by atoms with Gasteiger partial charge in [-0.05, 0) is 61.1 Å². The van der Waals surface area contributed by atoms with Crippen LogP contribution in [0.2, 0.25) is 0 Å². The van der Waals surface area contributed by atoms with E-state index < -0.39 is 0 Å². The summed E-state index contributed by atoms with van der Waals surface area (Å²) in [6.45, 7) is 0. The topological polar surface area (TPSA) is 21.6 Å². The average molecular weight is 265 g/mol. The summed E-state index contributed by atoms with van der Waals surface area (Å²) in [4.78, 5) is 4.86. The smallest absolute Gasteiger partial charge is 0.119 e. The lowest BCUT2D eigenvalue weighted by Crippen LogP contribution is -2.01. The SMILES string of the molecule is COc1ccc(N=C2CCCCc3ccccc32)cc1. The van der Waals surface area contributed by atoms with Crippen molar-refractivity contribution in [2.45, 2.75) is 25.7 Å². The monoisotopic (exact) mass is 265 g/mol. The van der Waals surface area contributed by atoms with Gasteiger partial charge in [-0.3, -0.25) is 4.99 Å². The third-order valence-electron chi connectivity index (χ3n) is 3.77. The fourth-order valence-corrected chi connectivity index (χ4v) is 2.69. The molecule has 2 nitrogen and oxygen atoms in total. The van der Waals surface area contributed by atoms with Crippen molar-refractivity contribution in [1.29, 1.82) is 0 Å². The molecule has 0 heterocycles. The highest BCUT2D eigenvalue weighted by Crippen LogP contribution is 2.25. The Balaban J connectivity index is 1.97. The van der Waals surface area contributed by atoms with E-state index in [1.165, 1.54) is 29.7 Å². The van der Waals surface area contributed by atoms with Gasteiger partial charge in [0.2, 0.25) is 0 Å². The molecule has 102 valence electrons. The van der Waals surface area contributed by atoms with E-state index in [1.807, 2.05) is 24.3 Å². The van der Waals surface area contributed by atoms with E-state index in [2.05, 4.69) is 24.3 Å². The number of ether oxygens (including phenoxy) is 1. The third-order valence-corrected chi connectivity index (χ3v) is 3.77. The van der Waals surface area contributed by atoms with E-state index in [0.29, 0.717) is 0 Å². The summed E-state index contributed by atoms with van der Waals surface area (Å²) >= 11 is 0. The van der Waals surface area contributed by atoms with Crippen molar-refractivity contribution in [2.75, 3.05) is 7.11 Å². The van der Waals surface area contributed by atoms with Gasteiger partial charge in [-0.2, -0.15) is 0 Å². The Morgan fingerprint density at radius 2 is 1.65 bits per heavy atom. The first kappa shape index (κ1) is 12.9. The summed E-state index contributed by atoms with van der Waals surface area (Å²) in [7, 11) is 1.68. The van der Waals surface area contributed by atoms with Crippen LogP contribution in [-0.2, 0) is 6.42 Å². The minimum atomic E-state index is 0.871. The molecule has 20 heavy (non-hydrogen) atoms. The zero-order chi connectivity index (χ0) is 13.8.